The Morgan fingerprint density at radius 2 is 0.815 bits per heavy atom. The van der Waals surface area contributed by atoms with E-state index in [0.29, 0.717) is 6.54 Å². The molecular formula is C43H31BrN8O2. The van der Waals surface area contributed by atoms with Gasteiger partial charge in [0.1, 0.15) is 6.42 Å². The van der Waals surface area contributed by atoms with E-state index in [9.17, 15) is 9.90 Å². The minimum Gasteiger partial charge on any atom is -1.00 e. The number of aromatic nitrogens is 8. The molecule has 9 rings (SSSR count). The van der Waals surface area contributed by atoms with Gasteiger partial charge in [0.15, 0.2) is 18.9 Å². The van der Waals surface area contributed by atoms with Gasteiger partial charge in [-0.05, 0) is 107 Å². The Morgan fingerprint density at radius 1 is 0.500 bits per heavy atom. The average Bonchev–Trinajstić information content (AvgIpc) is 4.04. The molecular weight excluding hydrogens is 740 g/mol. The molecule has 0 aromatic carbocycles. The minimum absolute atomic E-state index is 0. The summed E-state index contributed by atoms with van der Waals surface area (Å²) in [5.41, 5.74) is 14.3. The van der Waals surface area contributed by atoms with Crippen LogP contribution in [-0.4, -0.2) is 46.0 Å². The predicted molar refractivity (Wildman–Crippen MR) is 206 cm³/mol. The monoisotopic (exact) mass is 770 g/mol. The second-order valence-corrected chi connectivity index (χ2v) is 12.7. The maximum Gasteiger partial charge on any atom is 0.309 e. The third kappa shape index (κ3) is 6.52. The quantitative estimate of drug-likeness (QED) is 0.188. The van der Waals surface area contributed by atoms with Gasteiger partial charge in [-0.15, -0.1) is 0 Å². The van der Waals surface area contributed by atoms with Gasteiger partial charge in [-0.2, -0.15) is 0 Å². The molecule has 0 saturated carbocycles. The van der Waals surface area contributed by atoms with Crippen molar-refractivity contribution >= 4 is 52.3 Å². The number of carboxylic acid groups (broad SMARTS) is 1. The number of nitrogens with zero attached hydrogens (tertiary/aromatic N) is 6. The molecule has 54 heavy (non-hydrogen) atoms. The number of rotatable bonds is 7. The van der Waals surface area contributed by atoms with Crippen LogP contribution in [0.4, 0.5) is 0 Å². The third-order valence-electron chi connectivity index (χ3n) is 9.42. The number of H-pyrrole nitrogens is 2. The molecule has 7 aromatic heterocycles. The number of hydrogen-bond acceptors (Lipinski definition) is 6. The zero-order chi connectivity index (χ0) is 35.7. The zero-order valence-electron chi connectivity index (χ0n) is 28.7. The minimum atomic E-state index is -0.837. The van der Waals surface area contributed by atoms with E-state index in [4.69, 9.17) is 9.97 Å². The second kappa shape index (κ2) is 14.6. The van der Waals surface area contributed by atoms with Crippen molar-refractivity contribution in [1.82, 2.24) is 34.9 Å². The molecule has 0 amide bonds. The highest BCUT2D eigenvalue weighted by atomic mass is 79.9. The molecule has 0 aliphatic carbocycles. The first kappa shape index (κ1) is 34.2. The van der Waals surface area contributed by atoms with Crippen LogP contribution in [0, 0.1) is 0 Å². The van der Waals surface area contributed by atoms with Crippen LogP contribution in [0.15, 0.2) is 122 Å². The Morgan fingerprint density at radius 3 is 1.13 bits per heavy atom. The maximum absolute atomic E-state index is 11.3. The van der Waals surface area contributed by atoms with Crippen molar-refractivity contribution in [2.24, 2.45) is 0 Å². The second-order valence-electron chi connectivity index (χ2n) is 12.7. The summed E-state index contributed by atoms with van der Waals surface area (Å²) < 4.78 is 1.88. The third-order valence-corrected chi connectivity index (χ3v) is 9.42. The highest BCUT2D eigenvalue weighted by Gasteiger charge is 2.19. The van der Waals surface area contributed by atoms with E-state index in [-0.39, 0.29) is 23.4 Å². The number of carboxylic acids is 1. The van der Waals surface area contributed by atoms with Crippen LogP contribution in [0.2, 0.25) is 0 Å². The van der Waals surface area contributed by atoms with Crippen LogP contribution in [0.25, 0.3) is 90.9 Å². The normalized spacial score (nSPS) is 11.7. The summed E-state index contributed by atoms with van der Waals surface area (Å²) in [5, 5.41) is 9.24. The van der Waals surface area contributed by atoms with Crippen molar-refractivity contribution in [3.63, 3.8) is 0 Å². The number of halogens is 1. The summed E-state index contributed by atoms with van der Waals surface area (Å²) in [6, 6.07) is 24.3. The van der Waals surface area contributed by atoms with E-state index in [2.05, 4.69) is 67.4 Å². The number of aromatic amines is 2. The Bertz CT molecular complexity index is 2710. The van der Waals surface area contributed by atoms with E-state index < -0.39 is 5.97 Å². The van der Waals surface area contributed by atoms with Crippen molar-refractivity contribution in [2.75, 3.05) is 0 Å². The van der Waals surface area contributed by atoms with Crippen molar-refractivity contribution in [1.29, 1.82) is 0 Å². The molecule has 9 heterocycles. The highest BCUT2D eigenvalue weighted by molar-refractivity contribution is 5.99. The molecule has 0 spiro atoms. The Balaban J connectivity index is 0.00000413. The van der Waals surface area contributed by atoms with Crippen LogP contribution in [-0.2, 0) is 11.3 Å². The molecule has 262 valence electrons. The number of aliphatic carboxylic acids is 1. The zero-order valence-corrected chi connectivity index (χ0v) is 30.3. The number of nitrogens with one attached hydrogen (secondary N) is 2. The van der Waals surface area contributed by atoms with Gasteiger partial charge >= 0.3 is 5.97 Å². The number of fused-ring (bicyclic) bond motifs is 8. The number of aryl methyl sites for hydroxylation is 1. The Labute approximate surface area is 320 Å². The molecule has 0 atom stereocenters. The predicted octanol–water partition coefficient (Wildman–Crippen LogP) is 5.27. The molecule has 3 N–H and O–H groups in total. The average molecular weight is 772 g/mol. The van der Waals surface area contributed by atoms with E-state index >= 15 is 0 Å². The highest BCUT2D eigenvalue weighted by Crippen LogP contribution is 2.38. The molecule has 0 fully saturated rings. The van der Waals surface area contributed by atoms with Crippen molar-refractivity contribution < 1.29 is 31.4 Å². The van der Waals surface area contributed by atoms with Crippen LogP contribution in [0.1, 0.15) is 29.2 Å². The summed E-state index contributed by atoms with van der Waals surface area (Å²) in [4.78, 5) is 42.2. The maximum atomic E-state index is 11.3. The smallest absolute Gasteiger partial charge is 0.309 e. The summed E-state index contributed by atoms with van der Waals surface area (Å²) in [6.45, 7) is 0.373. The molecule has 8 bridgehead atoms. The summed E-state index contributed by atoms with van der Waals surface area (Å²) in [7, 11) is 0. The Hall–Kier alpha value is -6.85. The lowest BCUT2D eigenvalue weighted by atomic mass is 10.0. The van der Waals surface area contributed by atoms with Crippen molar-refractivity contribution in [3.05, 3.63) is 145 Å². The number of pyridine rings is 4. The van der Waals surface area contributed by atoms with Crippen LogP contribution < -0.4 is 21.5 Å². The molecule has 0 unspecified atom stereocenters. The lowest BCUT2D eigenvalue weighted by molar-refractivity contribution is -0.695. The number of carbonyl (C=O) groups is 1. The molecule has 11 heteroatoms. The molecule has 7 aromatic rings. The van der Waals surface area contributed by atoms with Gasteiger partial charge in [0.25, 0.3) is 0 Å². The standard InChI is InChI=1S/C43H30N8O2.BrH/c52-39(53)17-26-51-24-15-30(16-25-51)43-37-7-5-35(49-37)41(28-11-20-45-21-12-28)33-3-1-31(47-33)40(27-9-18-44-19-10-27)32-2-4-34(48-32)42(29-13-22-46-23-14-29)36-6-8-38(43)50-36;/h1-16,18-25H,17,26H2,(H2,47,48,49,50,52,53);1H. The fourth-order valence-corrected chi connectivity index (χ4v) is 6.97. The van der Waals surface area contributed by atoms with Crippen molar-refractivity contribution in [3.8, 4) is 44.5 Å². The van der Waals surface area contributed by atoms with E-state index in [1.54, 1.807) is 37.2 Å². The Kier molecular flexibility index (Phi) is 9.29. The van der Waals surface area contributed by atoms with Crippen molar-refractivity contribution in [2.45, 2.75) is 13.0 Å². The van der Waals surface area contributed by atoms with Gasteiger partial charge in [-0.25, -0.2) is 14.5 Å². The fraction of sp³-hybridized carbons (Fsp3) is 0.0465. The first-order valence-corrected chi connectivity index (χ1v) is 17.2. The molecule has 2 aliphatic rings. The first-order chi connectivity index (χ1) is 26.1. The van der Waals surface area contributed by atoms with Gasteiger partial charge in [-0.1, -0.05) is 0 Å². The van der Waals surface area contributed by atoms with Gasteiger partial charge < -0.3 is 32.1 Å². The molecule has 0 radical (unpaired) electrons. The number of hydrogen-bond donors (Lipinski definition) is 3. The SMILES string of the molecule is O=C(O)CC[n+]1ccc(-c2c3nc(c(-c4ccncc4)c4ccc([nH]4)c(-c4ccncc4)c4nc(c(-c5ccncc5)c5ccc2[nH]5)C=C4)C=C3)cc1.[Br-]. The topological polar surface area (TPSA) is 137 Å². The lowest BCUT2D eigenvalue weighted by Gasteiger charge is -2.06. The van der Waals surface area contributed by atoms with E-state index in [1.165, 1.54) is 0 Å². The van der Waals surface area contributed by atoms with Gasteiger partial charge in [0.2, 0.25) is 0 Å². The van der Waals surface area contributed by atoms with E-state index in [0.717, 1.165) is 89.4 Å². The van der Waals surface area contributed by atoms with Crippen LogP contribution in [0.3, 0.4) is 0 Å². The first-order valence-electron chi connectivity index (χ1n) is 17.2. The van der Waals surface area contributed by atoms with E-state index in [1.807, 2.05) is 71.6 Å². The van der Waals surface area contributed by atoms with Gasteiger partial charge in [0.05, 0.1) is 22.8 Å². The van der Waals surface area contributed by atoms with Gasteiger partial charge in [0, 0.05) is 93.6 Å². The summed E-state index contributed by atoms with van der Waals surface area (Å²) in [5.74, 6) is -0.837. The van der Waals surface area contributed by atoms with Gasteiger partial charge in [-0.3, -0.25) is 19.7 Å². The molecule has 2 aliphatic heterocycles. The lowest BCUT2D eigenvalue weighted by Crippen LogP contribution is -3.00. The molecule has 10 nitrogen and oxygen atoms in total. The summed E-state index contributed by atoms with van der Waals surface area (Å²) in [6.07, 6.45) is 22.8. The summed E-state index contributed by atoms with van der Waals surface area (Å²) >= 11 is 0. The molecule has 0 saturated heterocycles. The fourth-order valence-electron chi connectivity index (χ4n) is 6.97. The van der Waals surface area contributed by atoms with Crippen LogP contribution in [0.5, 0.6) is 0 Å². The largest absolute Gasteiger partial charge is 1.00 e. The van der Waals surface area contributed by atoms with Crippen LogP contribution >= 0.6 is 0 Å².